The summed E-state index contributed by atoms with van der Waals surface area (Å²) in [7, 11) is 0. The van der Waals surface area contributed by atoms with Crippen LogP contribution in [0.2, 0.25) is 0 Å². The molecule has 1 amide bonds. The van der Waals surface area contributed by atoms with Gasteiger partial charge in [-0.15, -0.1) is 0 Å². The van der Waals surface area contributed by atoms with E-state index in [1.807, 2.05) is 30.3 Å². The largest absolute Gasteiger partial charge is 0.334 e. The summed E-state index contributed by atoms with van der Waals surface area (Å²) in [5.74, 6) is 0.240. The Balaban J connectivity index is 1.49. The number of aromatic nitrogens is 2. The third-order valence-electron chi connectivity index (χ3n) is 5.26. The molecule has 3 aromatic rings. The van der Waals surface area contributed by atoms with Crippen LogP contribution in [0.4, 0.5) is 0 Å². The molecule has 0 bridgehead atoms. The Bertz CT molecular complexity index is 909. The molecule has 6 nitrogen and oxygen atoms in total. The normalized spacial score (nSPS) is 18.8. The van der Waals surface area contributed by atoms with E-state index < -0.39 is 0 Å². The van der Waals surface area contributed by atoms with Crippen molar-refractivity contribution in [3.8, 4) is 0 Å². The van der Waals surface area contributed by atoms with Gasteiger partial charge < -0.3 is 4.90 Å². The van der Waals surface area contributed by atoms with E-state index in [1.54, 1.807) is 0 Å². The van der Waals surface area contributed by atoms with E-state index in [1.165, 1.54) is 5.56 Å². The molecule has 0 aliphatic carbocycles. The van der Waals surface area contributed by atoms with Crippen molar-refractivity contribution in [1.82, 2.24) is 20.1 Å². The lowest BCUT2D eigenvalue weighted by Crippen LogP contribution is -2.42. The number of hydrogen-bond donors (Lipinski definition) is 0. The van der Waals surface area contributed by atoms with Gasteiger partial charge in [-0.1, -0.05) is 43.3 Å². The van der Waals surface area contributed by atoms with Gasteiger partial charge in [-0.25, -0.2) is 4.63 Å². The first kappa shape index (κ1) is 17.7. The third kappa shape index (κ3) is 4.01. The van der Waals surface area contributed by atoms with Crippen LogP contribution in [-0.2, 0) is 17.9 Å². The van der Waals surface area contributed by atoms with E-state index in [9.17, 15) is 4.79 Å². The Morgan fingerprint density at radius 2 is 1.85 bits per heavy atom. The minimum atomic E-state index is 0.220. The second-order valence-corrected chi connectivity index (χ2v) is 7.14. The van der Waals surface area contributed by atoms with Gasteiger partial charge in [-0.05, 0) is 40.0 Å². The number of nitrogens with zero attached hydrogens (tertiary/aromatic N) is 4. The lowest BCUT2D eigenvalue weighted by Gasteiger charge is -2.31. The molecular formula is C21H24N4O2. The third-order valence-corrected chi connectivity index (χ3v) is 5.26. The second kappa shape index (κ2) is 7.88. The van der Waals surface area contributed by atoms with Crippen molar-refractivity contribution in [3.05, 3.63) is 59.7 Å². The number of rotatable bonds is 5. The molecule has 0 N–H and O–H groups in total. The van der Waals surface area contributed by atoms with Crippen LogP contribution in [0.5, 0.6) is 0 Å². The van der Waals surface area contributed by atoms with E-state index in [2.05, 4.69) is 45.2 Å². The summed E-state index contributed by atoms with van der Waals surface area (Å²) in [5.41, 5.74) is 3.89. The molecule has 1 atom stereocenters. The Hall–Kier alpha value is -2.73. The molecule has 1 aromatic heterocycles. The van der Waals surface area contributed by atoms with Gasteiger partial charge in [0.2, 0.25) is 5.91 Å². The van der Waals surface area contributed by atoms with Crippen LogP contribution in [0.15, 0.2) is 53.2 Å². The van der Waals surface area contributed by atoms with E-state index in [0.717, 1.165) is 42.7 Å². The van der Waals surface area contributed by atoms with Crippen LogP contribution >= 0.6 is 0 Å². The van der Waals surface area contributed by atoms with Gasteiger partial charge in [0.15, 0.2) is 0 Å². The highest BCUT2D eigenvalue weighted by Crippen LogP contribution is 2.20. The van der Waals surface area contributed by atoms with Crippen molar-refractivity contribution in [2.75, 3.05) is 13.1 Å². The number of carbonyl (C=O) groups excluding carboxylic acids is 1. The number of carbonyl (C=O) groups is 1. The summed E-state index contributed by atoms with van der Waals surface area (Å²) in [6, 6.07) is 16.5. The fourth-order valence-corrected chi connectivity index (χ4v) is 3.76. The van der Waals surface area contributed by atoms with Gasteiger partial charge >= 0.3 is 0 Å². The fraction of sp³-hybridized carbons (Fsp3) is 0.381. The number of benzene rings is 2. The fourth-order valence-electron chi connectivity index (χ4n) is 3.76. The molecule has 140 valence electrons. The van der Waals surface area contributed by atoms with Crippen molar-refractivity contribution in [2.24, 2.45) is 0 Å². The van der Waals surface area contributed by atoms with E-state index >= 15 is 0 Å². The van der Waals surface area contributed by atoms with Gasteiger partial charge in [0.1, 0.15) is 11.0 Å². The standard InChI is InChI=1S/C21H24N4O2/c1-2-18-15-24(13-17-8-9-19-20(12-17)23-27-22-19)11-10-21(26)25(18)14-16-6-4-3-5-7-16/h3-9,12,18H,2,10-11,13-15H2,1H3. The minimum absolute atomic E-state index is 0.220. The molecule has 0 radical (unpaired) electrons. The monoisotopic (exact) mass is 364 g/mol. The Labute approximate surface area is 158 Å². The molecule has 1 saturated heterocycles. The average molecular weight is 364 g/mol. The molecule has 1 fully saturated rings. The SMILES string of the molecule is CCC1CN(Cc2ccc3nonc3c2)CCC(=O)N1Cc1ccccc1. The van der Waals surface area contributed by atoms with Gasteiger partial charge in [0.05, 0.1) is 0 Å². The summed E-state index contributed by atoms with van der Waals surface area (Å²) in [6.07, 6.45) is 1.50. The Morgan fingerprint density at radius 1 is 1.04 bits per heavy atom. The maximum absolute atomic E-state index is 12.8. The molecule has 27 heavy (non-hydrogen) atoms. The summed E-state index contributed by atoms with van der Waals surface area (Å²) in [6.45, 7) is 5.29. The summed E-state index contributed by atoms with van der Waals surface area (Å²) < 4.78 is 4.78. The predicted molar refractivity (Wildman–Crippen MR) is 103 cm³/mol. The van der Waals surface area contributed by atoms with Crippen molar-refractivity contribution >= 4 is 16.9 Å². The highest BCUT2D eigenvalue weighted by Gasteiger charge is 2.28. The minimum Gasteiger partial charge on any atom is -0.334 e. The summed E-state index contributed by atoms with van der Waals surface area (Å²) in [5, 5.41) is 7.78. The molecule has 1 aliphatic heterocycles. The highest BCUT2D eigenvalue weighted by molar-refractivity contribution is 5.77. The van der Waals surface area contributed by atoms with Gasteiger partial charge in [0, 0.05) is 38.6 Å². The summed E-state index contributed by atoms with van der Waals surface area (Å²) in [4.78, 5) is 17.2. The van der Waals surface area contributed by atoms with Crippen LogP contribution in [0.25, 0.3) is 11.0 Å². The van der Waals surface area contributed by atoms with Crippen LogP contribution < -0.4 is 0 Å². The highest BCUT2D eigenvalue weighted by atomic mass is 16.6. The maximum atomic E-state index is 12.8. The van der Waals surface area contributed by atoms with E-state index in [0.29, 0.717) is 13.0 Å². The topological polar surface area (TPSA) is 62.5 Å². The number of fused-ring (bicyclic) bond motifs is 1. The first-order valence-electron chi connectivity index (χ1n) is 9.50. The quantitative estimate of drug-likeness (QED) is 0.695. The van der Waals surface area contributed by atoms with E-state index in [-0.39, 0.29) is 11.9 Å². The molecule has 6 heteroatoms. The molecule has 0 spiro atoms. The average Bonchev–Trinajstić information content (AvgIpc) is 3.11. The molecule has 4 rings (SSSR count). The van der Waals surface area contributed by atoms with E-state index in [4.69, 9.17) is 4.63 Å². The molecule has 1 aliphatic rings. The zero-order chi connectivity index (χ0) is 18.6. The van der Waals surface area contributed by atoms with Crippen molar-refractivity contribution < 1.29 is 9.42 Å². The van der Waals surface area contributed by atoms with Crippen LogP contribution in [0.1, 0.15) is 30.9 Å². The summed E-state index contributed by atoms with van der Waals surface area (Å²) >= 11 is 0. The molecular weight excluding hydrogens is 340 g/mol. The molecule has 2 aromatic carbocycles. The van der Waals surface area contributed by atoms with Gasteiger partial charge in [0.25, 0.3) is 0 Å². The van der Waals surface area contributed by atoms with Crippen molar-refractivity contribution in [3.63, 3.8) is 0 Å². The zero-order valence-corrected chi connectivity index (χ0v) is 15.5. The first-order chi connectivity index (χ1) is 13.2. The van der Waals surface area contributed by atoms with Gasteiger partial charge in [-0.3, -0.25) is 9.69 Å². The molecule has 1 unspecified atom stereocenters. The maximum Gasteiger partial charge on any atom is 0.224 e. The zero-order valence-electron chi connectivity index (χ0n) is 15.5. The number of hydrogen-bond acceptors (Lipinski definition) is 5. The Kier molecular flexibility index (Phi) is 5.16. The Morgan fingerprint density at radius 3 is 2.67 bits per heavy atom. The first-order valence-corrected chi connectivity index (χ1v) is 9.50. The lowest BCUT2D eigenvalue weighted by atomic mass is 10.1. The molecule has 0 saturated carbocycles. The molecule has 2 heterocycles. The smallest absolute Gasteiger partial charge is 0.224 e. The lowest BCUT2D eigenvalue weighted by molar-refractivity contribution is -0.133. The van der Waals surface area contributed by atoms with Crippen LogP contribution in [0.3, 0.4) is 0 Å². The number of amides is 1. The van der Waals surface area contributed by atoms with Crippen LogP contribution in [-0.4, -0.2) is 45.2 Å². The second-order valence-electron chi connectivity index (χ2n) is 7.14. The van der Waals surface area contributed by atoms with Crippen molar-refractivity contribution in [1.29, 1.82) is 0 Å². The predicted octanol–water partition coefficient (Wildman–Crippen LogP) is 3.24. The van der Waals surface area contributed by atoms with Crippen LogP contribution in [0, 0.1) is 0 Å². The van der Waals surface area contributed by atoms with Crippen molar-refractivity contribution in [2.45, 2.75) is 38.9 Å². The van der Waals surface area contributed by atoms with Gasteiger partial charge in [-0.2, -0.15) is 0 Å².